The highest BCUT2D eigenvalue weighted by Crippen LogP contribution is 2.47. The fourth-order valence-corrected chi connectivity index (χ4v) is 3.00. The zero-order valence-corrected chi connectivity index (χ0v) is 14.3. The maximum absolute atomic E-state index is 13.8. The fourth-order valence-electron chi connectivity index (χ4n) is 3.00. The van der Waals surface area contributed by atoms with Gasteiger partial charge in [-0.1, -0.05) is 6.07 Å². The summed E-state index contributed by atoms with van der Waals surface area (Å²) in [4.78, 5) is 14.2. The summed E-state index contributed by atoms with van der Waals surface area (Å²) in [7, 11) is 5.68. The third-order valence-corrected chi connectivity index (χ3v) is 4.34. The summed E-state index contributed by atoms with van der Waals surface area (Å²) in [6.07, 6.45) is 4.66. The number of aromatic nitrogens is 2. The minimum absolute atomic E-state index is 0.0240. The van der Waals surface area contributed by atoms with Crippen LogP contribution in [0, 0.1) is 11.7 Å². The van der Waals surface area contributed by atoms with Crippen LogP contribution in [0.1, 0.15) is 29.0 Å². The first-order valence-electron chi connectivity index (χ1n) is 8.12. The third-order valence-electron chi connectivity index (χ3n) is 4.34. The molecule has 1 fully saturated rings. The smallest absolute Gasteiger partial charge is 0.224 e. The first kappa shape index (κ1) is 16.6. The molecule has 1 aliphatic carbocycles. The zero-order chi connectivity index (χ0) is 17.3. The lowest BCUT2D eigenvalue weighted by molar-refractivity contribution is -0.122. The Morgan fingerprint density at radius 2 is 2.25 bits per heavy atom. The molecule has 1 saturated carbocycles. The molecule has 0 aliphatic heterocycles. The molecule has 3 rings (SSSR count). The standard InChI is InChI=1S/C18H23FN4O/c1-22(2)10-13-6-12(4-5-17(13)19)8-20-18(24)16-7-15(16)14-9-21-23(3)11-14/h4-6,9,11,15-16H,7-8,10H2,1-3H3,(H,20,24)/t15-,16-/m1/s1. The molecule has 1 heterocycles. The van der Waals surface area contributed by atoms with Gasteiger partial charge in [0.15, 0.2) is 0 Å². The summed E-state index contributed by atoms with van der Waals surface area (Å²) in [5.74, 6) is 0.145. The van der Waals surface area contributed by atoms with Crippen molar-refractivity contribution in [2.75, 3.05) is 14.1 Å². The predicted molar refractivity (Wildman–Crippen MR) is 89.7 cm³/mol. The molecule has 128 valence electrons. The summed E-state index contributed by atoms with van der Waals surface area (Å²) < 4.78 is 15.5. The number of nitrogens with one attached hydrogen (secondary N) is 1. The highest BCUT2D eigenvalue weighted by molar-refractivity contribution is 5.82. The van der Waals surface area contributed by atoms with Crippen molar-refractivity contribution < 1.29 is 9.18 Å². The molecule has 1 aromatic carbocycles. The lowest BCUT2D eigenvalue weighted by Crippen LogP contribution is -2.25. The lowest BCUT2D eigenvalue weighted by Gasteiger charge is -2.12. The van der Waals surface area contributed by atoms with E-state index < -0.39 is 0 Å². The number of rotatable bonds is 6. The van der Waals surface area contributed by atoms with Gasteiger partial charge in [0, 0.05) is 37.8 Å². The first-order valence-corrected chi connectivity index (χ1v) is 8.12. The van der Waals surface area contributed by atoms with E-state index in [9.17, 15) is 9.18 Å². The average molecular weight is 330 g/mol. The van der Waals surface area contributed by atoms with Crippen LogP contribution in [0.25, 0.3) is 0 Å². The summed E-state index contributed by atoms with van der Waals surface area (Å²) in [5.41, 5.74) is 2.68. The number of nitrogens with zero attached hydrogens (tertiary/aromatic N) is 3. The van der Waals surface area contributed by atoms with Gasteiger partial charge in [0.1, 0.15) is 5.82 Å². The molecule has 1 N–H and O–H groups in total. The third kappa shape index (κ3) is 3.82. The zero-order valence-electron chi connectivity index (χ0n) is 14.3. The van der Waals surface area contributed by atoms with E-state index in [0.717, 1.165) is 17.5 Å². The number of hydrogen-bond donors (Lipinski definition) is 1. The highest BCUT2D eigenvalue weighted by atomic mass is 19.1. The Hall–Kier alpha value is -2.21. The van der Waals surface area contributed by atoms with Gasteiger partial charge in [0.25, 0.3) is 0 Å². The second kappa shape index (κ2) is 6.73. The van der Waals surface area contributed by atoms with Crippen LogP contribution in [0.15, 0.2) is 30.6 Å². The fraction of sp³-hybridized carbons (Fsp3) is 0.444. The lowest BCUT2D eigenvalue weighted by atomic mass is 10.1. The Labute approximate surface area is 141 Å². The summed E-state index contributed by atoms with van der Waals surface area (Å²) in [6, 6.07) is 5.01. The Morgan fingerprint density at radius 1 is 1.46 bits per heavy atom. The van der Waals surface area contributed by atoms with Crippen LogP contribution < -0.4 is 5.32 Å². The van der Waals surface area contributed by atoms with Crippen LogP contribution in [0.3, 0.4) is 0 Å². The monoisotopic (exact) mass is 330 g/mol. The van der Waals surface area contributed by atoms with Gasteiger partial charge in [0.2, 0.25) is 5.91 Å². The molecule has 1 amide bonds. The van der Waals surface area contributed by atoms with E-state index in [4.69, 9.17) is 0 Å². The van der Waals surface area contributed by atoms with Crippen molar-refractivity contribution >= 4 is 5.91 Å². The maximum atomic E-state index is 13.8. The molecule has 0 unspecified atom stereocenters. The molecule has 0 radical (unpaired) electrons. The van der Waals surface area contributed by atoms with Crippen molar-refractivity contribution in [1.29, 1.82) is 0 Å². The van der Waals surface area contributed by atoms with Gasteiger partial charge >= 0.3 is 0 Å². The van der Waals surface area contributed by atoms with E-state index in [-0.39, 0.29) is 23.6 Å². The van der Waals surface area contributed by atoms with E-state index in [1.165, 1.54) is 6.07 Å². The molecule has 0 bridgehead atoms. The molecule has 5 nitrogen and oxygen atoms in total. The quantitative estimate of drug-likeness (QED) is 0.882. The second-order valence-corrected chi connectivity index (χ2v) is 6.78. The van der Waals surface area contributed by atoms with Gasteiger partial charge in [-0.3, -0.25) is 9.48 Å². The topological polar surface area (TPSA) is 50.2 Å². The van der Waals surface area contributed by atoms with Gasteiger partial charge in [-0.2, -0.15) is 5.10 Å². The number of amides is 1. The SMILES string of the molecule is CN(C)Cc1cc(CNC(=O)[C@@H]2C[C@@H]2c2cnn(C)c2)ccc1F. The number of aryl methyl sites for hydroxylation is 1. The molecule has 24 heavy (non-hydrogen) atoms. The number of hydrogen-bond acceptors (Lipinski definition) is 3. The van der Waals surface area contributed by atoms with Crippen molar-refractivity contribution in [2.45, 2.75) is 25.4 Å². The number of halogens is 1. The van der Waals surface area contributed by atoms with Crippen molar-refractivity contribution in [2.24, 2.45) is 13.0 Å². The van der Waals surface area contributed by atoms with Crippen LogP contribution in [0.2, 0.25) is 0 Å². The molecule has 0 spiro atoms. The van der Waals surface area contributed by atoms with Gasteiger partial charge in [-0.15, -0.1) is 0 Å². The highest BCUT2D eigenvalue weighted by Gasteiger charge is 2.44. The molecule has 0 saturated heterocycles. The summed E-state index contributed by atoms with van der Waals surface area (Å²) >= 11 is 0. The minimum Gasteiger partial charge on any atom is -0.352 e. The summed E-state index contributed by atoms with van der Waals surface area (Å²) in [6.45, 7) is 0.967. The Bertz CT molecular complexity index is 740. The molecule has 6 heteroatoms. The van der Waals surface area contributed by atoms with E-state index >= 15 is 0 Å². The van der Waals surface area contributed by atoms with E-state index in [0.29, 0.717) is 18.7 Å². The van der Waals surface area contributed by atoms with E-state index in [1.807, 2.05) is 44.5 Å². The molecule has 2 atom stereocenters. The molecular formula is C18H23FN4O. The molecule has 1 aliphatic rings. The molecule has 1 aromatic heterocycles. The van der Waals surface area contributed by atoms with Gasteiger partial charge < -0.3 is 10.2 Å². The van der Waals surface area contributed by atoms with Gasteiger partial charge in [-0.05, 0) is 49.7 Å². The first-order chi connectivity index (χ1) is 11.4. The predicted octanol–water partition coefficient (Wildman–Crippen LogP) is 2.04. The van der Waals surface area contributed by atoms with Crippen molar-refractivity contribution in [3.05, 3.63) is 53.1 Å². The number of carbonyl (C=O) groups excluding carboxylic acids is 1. The van der Waals surface area contributed by atoms with Crippen LogP contribution in [-0.2, 0) is 24.9 Å². The number of benzene rings is 1. The van der Waals surface area contributed by atoms with Crippen molar-refractivity contribution in [3.63, 3.8) is 0 Å². The van der Waals surface area contributed by atoms with E-state index in [1.54, 1.807) is 10.7 Å². The molecular weight excluding hydrogens is 307 g/mol. The van der Waals surface area contributed by atoms with Crippen LogP contribution in [0.5, 0.6) is 0 Å². The van der Waals surface area contributed by atoms with Gasteiger partial charge in [0.05, 0.1) is 6.20 Å². The normalized spacial score (nSPS) is 19.5. The van der Waals surface area contributed by atoms with E-state index in [2.05, 4.69) is 10.4 Å². The van der Waals surface area contributed by atoms with Gasteiger partial charge in [-0.25, -0.2) is 4.39 Å². The van der Waals surface area contributed by atoms with Crippen molar-refractivity contribution in [1.82, 2.24) is 20.0 Å². The Kier molecular flexibility index (Phi) is 4.66. The molecule has 2 aromatic rings. The maximum Gasteiger partial charge on any atom is 0.224 e. The minimum atomic E-state index is -0.211. The second-order valence-electron chi connectivity index (χ2n) is 6.78. The Balaban J connectivity index is 1.55. The van der Waals surface area contributed by atoms with Crippen LogP contribution >= 0.6 is 0 Å². The average Bonchev–Trinajstić information content (AvgIpc) is 3.22. The summed E-state index contributed by atoms with van der Waals surface area (Å²) in [5, 5.41) is 7.12. The van der Waals surface area contributed by atoms with Crippen LogP contribution in [0.4, 0.5) is 4.39 Å². The van der Waals surface area contributed by atoms with Crippen LogP contribution in [-0.4, -0.2) is 34.7 Å². The van der Waals surface area contributed by atoms with Crippen molar-refractivity contribution in [3.8, 4) is 0 Å². The number of carbonyl (C=O) groups is 1. The largest absolute Gasteiger partial charge is 0.352 e. The Morgan fingerprint density at radius 3 is 2.92 bits per heavy atom.